The third-order valence-electron chi connectivity index (χ3n) is 5.19. The Morgan fingerprint density at radius 3 is 1.16 bits per heavy atom. The maximum Gasteiger partial charge on any atom is 3.00 e. The molecule has 6 rings (SSSR count). The fourth-order valence-electron chi connectivity index (χ4n) is 3.40. The second-order valence-corrected chi connectivity index (χ2v) is 10.2. The molecular weight excluding hydrogens is 515 g/mol. The molecular formula is C35H32OPTi. The summed E-state index contributed by atoms with van der Waals surface area (Å²) in [5.41, 5.74) is 1.32. The van der Waals surface area contributed by atoms with Gasteiger partial charge in [0.1, 0.15) is 0 Å². The first kappa shape index (κ1) is 30.7. The van der Waals surface area contributed by atoms with Crippen LogP contribution in [-0.4, -0.2) is 0 Å². The van der Waals surface area contributed by atoms with Crippen molar-refractivity contribution in [1.82, 2.24) is 0 Å². The Kier molecular flexibility index (Phi) is 15.1. The van der Waals surface area contributed by atoms with Crippen LogP contribution in [-0.2, 0) is 21.7 Å². The third kappa shape index (κ3) is 11.3. The number of benzene rings is 4. The van der Waals surface area contributed by atoms with E-state index in [9.17, 15) is 5.11 Å². The molecule has 0 saturated heterocycles. The van der Waals surface area contributed by atoms with Crippen molar-refractivity contribution in [3.05, 3.63) is 181 Å². The Hall–Kier alpha value is -3.48. The molecule has 1 radical (unpaired) electrons. The molecule has 6 aromatic carbocycles. The Morgan fingerprint density at radius 1 is 0.474 bits per heavy atom. The summed E-state index contributed by atoms with van der Waals surface area (Å²) >= 11 is 0. The predicted molar refractivity (Wildman–Crippen MR) is 160 cm³/mol. The van der Waals surface area contributed by atoms with Crippen LogP contribution in [0.3, 0.4) is 0 Å². The minimum absolute atomic E-state index is 0. The zero-order valence-electron chi connectivity index (χ0n) is 21.6. The van der Waals surface area contributed by atoms with Crippen LogP contribution in [0.4, 0.5) is 0 Å². The number of hydrogen-bond acceptors (Lipinski definition) is 1. The average Bonchev–Trinajstić information content (AvgIpc) is 3.72. The van der Waals surface area contributed by atoms with Gasteiger partial charge in [0, 0.05) is 0 Å². The van der Waals surface area contributed by atoms with E-state index < -0.39 is 7.92 Å². The number of rotatable bonds is 3. The van der Waals surface area contributed by atoms with Crippen LogP contribution in [0.1, 0.15) is 5.56 Å². The standard InChI is InChI=1S/C18H15OP.C7H8.2C5H5.Ti/c19-17-13-7-8-14-18(17)20(15-9-3-1-4-10-15)16-11-5-2-6-12-16;1-7-5-3-2-4-6-7;2*1-2-4-5-3-1;/h1-14,19H;2-6H,1H3;2*1-5H;/q;;2*-1;+3/p-1. The normalized spacial score (nSPS) is 9.32. The molecule has 0 heterocycles. The predicted octanol–water partition coefficient (Wildman–Crippen LogP) is 7.32. The van der Waals surface area contributed by atoms with Crippen LogP contribution in [0.15, 0.2) is 176 Å². The van der Waals surface area contributed by atoms with E-state index in [1.54, 1.807) is 12.1 Å². The molecule has 0 atom stereocenters. The minimum Gasteiger partial charge on any atom is -0.872 e. The van der Waals surface area contributed by atoms with Crippen molar-refractivity contribution in [3.8, 4) is 5.75 Å². The topological polar surface area (TPSA) is 23.1 Å². The van der Waals surface area contributed by atoms with Crippen LogP contribution in [0, 0.1) is 6.92 Å². The molecule has 187 valence electrons. The Balaban J connectivity index is 0.000000228. The number of aryl methyl sites for hydroxylation is 1. The van der Waals surface area contributed by atoms with Gasteiger partial charge in [-0.15, -0.1) is 5.75 Å². The van der Waals surface area contributed by atoms with Gasteiger partial charge in [-0.25, -0.2) is 24.3 Å². The Bertz CT molecular complexity index is 1220. The van der Waals surface area contributed by atoms with Gasteiger partial charge in [0.15, 0.2) is 0 Å². The van der Waals surface area contributed by atoms with Gasteiger partial charge in [-0.3, -0.25) is 0 Å². The summed E-state index contributed by atoms with van der Waals surface area (Å²) in [7, 11) is -0.779. The maximum absolute atomic E-state index is 12.2. The van der Waals surface area contributed by atoms with Crippen molar-refractivity contribution in [2.24, 2.45) is 0 Å². The number of hydrogen-bond donors (Lipinski definition) is 0. The van der Waals surface area contributed by atoms with Crippen molar-refractivity contribution in [3.63, 3.8) is 0 Å². The molecule has 0 saturated carbocycles. The van der Waals surface area contributed by atoms with Gasteiger partial charge in [-0.1, -0.05) is 121 Å². The van der Waals surface area contributed by atoms with Crippen molar-refractivity contribution >= 4 is 23.8 Å². The zero-order chi connectivity index (χ0) is 26.0. The smallest absolute Gasteiger partial charge is 0.872 e. The summed E-state index contributed by atoms with van der Waals surface area (Å²) < 4.78 is 0. The summed E-state index contributed by atoms with van der Waals surface area (Å²) in [6.07, 6.45) is 0. The first-order chi connectivity index (χ1) is 18.3. The molecule has 0 aromatic heterocycles. The molecule has 0 aliphatic heterocycles. The molecule has 0 aliphatic carbocycles. The fourth-order valence-corrected chi connectivity index (χ4v) is 5.72. The SMILES string of the molecule is Cc1ccccc1.[O-]c1ccccc1P(c1ccccc1)c1ccccc1.[Ti+3].c1cc[cH-]c1.c1cc[cH-]c1. The van der Waals surface area contributed by atoms with E-state index >= 15 is 0 Å². The van der Waals surface area contributed by atoms with Gasteiger partial charge in [0.2, 0.25) is 0 Å². The molecule has 0 aliphatic rings. The van der Waals surface area contributed by atoms with E-state index in [0.717, 1.165) is 5.30 Å². The van der Waals surface area contributed by atoms with Gasteiger partial charge in [-0.05, 0) is 30.8 Å². The van der Waals surface area contributed by atoms with Gasteiger partial charge >= 0.3 is 21.7 Å². The second-order valence-electron chi connectivity index (χ2n) is 8.05. The molecule has 0 bridgehead atoms. The molecule has 3 heteroatoms. The van der Waals surface area contributed by atoms with E-state index in [-0.39, 0.29) is 27.5 Å². The summed E-state index contributed by atoms with van der Waals surface area (Å²) in [6.45, 7) is 2.08. The molecule has 0 unspecified atom stereocenters. The minimum atomic E-state index is -0.779. The molecule has 0 N–H and O–H groups in total. The quantitative estimate of drug-likeness (QED) is 0.129. The van der Waals surface area contributed by atoms with Crippen molar-refractivity contribution in [1.29, 1.82) is 0 Å². The third-order valence-corrected chi connectivity index (χ3v) is 7.67. The zero-order valence-corrected chi connectivity index (χ0v) is 24.1. The average molecular weight is 547 g/mol. The van der Waals surface area contributed by atoms with E-state index in [1.165, 1.54) is 16.2 Å². The molecule has 6 aromatic rings. The van der Waals surface area contributed by atoms with Crippen molar-refractivity contribution < 1.29 is 26.8 Å². The van der Waals surface area contributed by atoms with Crippen LogP contribution < -0.4 is 21.0 Å². The van der Waals surface area contributed by atoms with Gasteiger partial charge in [0.05, 0.1) is 0 Å². The van der Waals surface area contributed by atoms with E-state index in [2.05, 4.69) is 43.3 Å². The monoisotopic (exact) mass is 547 g/mol. The first-order valence-corrected chi connectivity index (χ1v) is 13.6. The largest absolute Gasteiger partial charge is 3.00 e. The summed E-state index contributed by atoms with van der Waals surface area (Å²) in [5.74, 6) is 0.117. The molecule has 1 nitrogen and oxygen atoms in total. The molecule has 38 heavy (non-hydrogen) atoms. The van der Waals surface area contributed by atoms with Crippen LogP contribution in [0.2, 0.25) is 0 Å². The summed E-state index contributed by atoms with van der Waals surface area (Å²) in [5, 5.41) is 15.5. The second kappa shape index (κ2) is 18.7. The van der Waals surface area contributed by atoms with Gasteiger partial charge in [-0.2, -0.15) is 36.4 Å². The van der Waals surface area contributed by atoms with Crippen molar-refractivity contribution in [2.75, 3.05) is 0 Å². The summed E-state index contributed by atoms with van der Waals surface area (Å²) in [6, 6.07) is 58.1. The van der Waals surface area contributed by atoms with Crippen LogP contribution >= 0.6 is 7.92 Å². The Morgan fingerprint density at radius 2 is 0.842 bits per heavy atom. The van der Waals surface area contributed by atoms with Crippen molar-refractivity contribution in [2.45, 2.75) is 6.92 Å². The maximum atomic E-state index is 12.2. The van der Waals surface area contributed by atoms with E-state index in [4.69, 9.17) is 0 Å². The molecule has 0 fully saturated rings. The Labute approximate surface area is 243 Å². The van der Waals surface area contributed by atoms with Crippen LogP contribution in [0.25, 0.3) is 0 Å². The summed E-state index contributed by atoms with van der Waals surface area (Å²) in [4.78, 5) is 0. The molecule has 0 spiro atoms. The number of para-hydroxylation sites is 1. The van der Waals surface area contributed by atoms with Crippen LogP contribution in [0.5, 0.6) is 5.75 Å². The van der Waals surface area contributed by atoms with Gasteiger partial charge in [0.25, 0.3) is 0 Å². The molecule has 0 amide bonds. The fraction of sp³-hybridized carbons (Fsp3) is 0.0286. The van der Waals surface area contributed by atoms with E-state index in [0.29, 0.717) is 0 Å². The van der Waals surface area contributed by atoms with E-state index in [1.807, 2.05) is 127 Å². The van der Waals surface area contributed by atoms with Gasteiger partial charge < -0.3 is 5.11 Å². The first-order valence-electron chi connectivity index (χ1n) is 12.3.